The van der Waals surface area contributed by atoms with Gasteiger partial charge in [0, 0.05) is 14.0 Å². The fourth-order valence-corrected chi connectivity index (χ4v) is 3.30. The number of benzene rings is 2. The molecular weight excluding hydrogens is 363 g/mol. The molecule has 0 spiro atoms. The lowest BCUT2D eigenvalue weighted by molar-refractivity contribution is -0.110. The van der Waals surface area contributed by atoms with E-state index in [9.17, 15) is 22.9 Å². The molecule has 0 fully saturated rings. The summed E-state index contributed by atoms with van der Waals surface area (Å²) in [4.78, 5) is 11.1. The van der Waals surface area contributed by atoms with Gasteiger partial charge in [0.25, 0.3) is 0 Å². The lowest BCUT2D eigenvalue weighted by Crippen LogP contribution is -2.05. The van der Waals surface area contributed by atoms with Gasteiger partial charge in [-0.1, -0.05) is 49.9 Å². The van der Waals surface area contributed by atoms with Crippen LogP contribution in [0.15, 0.2) is 83.3 Å². The molecule has 2 aromatic rings. The summed E-state index contributed by atoms with van der Waals surface area (Å²) >= 11 is 0. The van der Waals surface area contributed by atoms with Crippen molar-refractivity contribution in [3.8, 4) is 5.75 Å². The van der Waals surface area contributed by atoms with Crippen molar-refractivity contribution in [2.24, 2.45) is 0 Å². The third-order valence-electron chi connectivity index (χ3n) is 3.72. The number of hydrogen-bond donors (Lipinski definition) is 1. The molecule has 1 aliphatic carbocycles. The number of aromatic hydroxyl groups is 1. The van der Waals surface area contributed by atoms with Crippen LogP contribution in [0.2, 0.25) is 0 Å². The van der Waals surface area contributed by atoms with Gasteiger partial charge >= 0.3 is 0 Å². The molecule has 0 heterocycles. The van der Waals surface area contributed by atoms with Gasteiger partial charge in [-0.05, 0) is 47.1 Å². The average Bonchev–Trinajstić information content (AvgIpc) is 2.58. The van der Waals surface area contributed by atoms with Gasteiger partial charge < -0.3 is 9.66 Å². The number of carbonyl (C=O) groups excluding carboxylic acids is 1. The Hall–Kier alpha value is -2.90. The van der Waals surface area contributed by atoms with Crippen LogP contribution in [0.4, 0.5) is 0 Å². The Morgan fingerprint density at radius 1 is 0.889 bits per heavy atom. The van der Waals surface area contributed by atoms with Gasteiger partial charge in [-0.2, -0.15) is 0 Å². The normalized spacial score (nSPS) is 12.9. The Morgan fingerprint density at radius 2 is 1.44 bits per heavy atom. The van der Waals surface area contributed by atoms with Gasteiger partial charge in [0.2, 0.25) is 0 Å². The van der Waals surface area contributed by atoms with Crippen molar-refractivity contribution in [3.05, 3.63) is 89.5 Å². The predicted molar refractivity (Wildman–Crippen MR) is 104 cm³/mol. The first kappa shape index (κ1) is 22.1. The highest BCUT2D eigenvalue weighted by molar-refractivity contribution is 7.85. The van der Waals surface area contributed by atoms with E-state index >= 15 is 0 Å². The summed E-state index contributed by atoms with van der Waals surface area (Å²) in [5.41, 5.74) is 1.91. The minimum atomic E-state index is -4.69. The second kappa shape index (κ2) is 8.66. The highest BCUT2D eigenvalue weighted by Gasteiger charge is 2.17. The maximum atomic E-state index is 11.7. The van der Waals surface area contributed by atoms with E-state index in [1.165, 1.54) is 42.5 Å². The predicted octanol–water partition coefficient (Wildman–Crippen LogP) is 3.05. The highest BCUT2D eigenvalue weighted by Crippen LogP contribution is 2.34. The summed E-state index contributed by atoms with van der Waals surface area (Å²) in [5.74, 6) is -0.124. The molecule has 3 radical (unpaired) electrons. The van der Waals surface area contributed by atoms with Gasteiger partial charge in [0.05, 0.1) is 4.90 Å². The first-order valence-corrected chi connectivity index (χ1v) is 8.76. The minimum absolute atomic E-state index is 0. The number of rotatable bonds is 3. The molecule has 137 valence electrons. The van der Waals surface area contributed by atoms with E-state index in [4.69, 9.17) is 0 Å². The summed E-state index contributed by atoms with van der Waals surface area (Å²) in [7, 11) is -4.69. The number of phenolic OH excluding ortho intramolecular Hbond substituents is 1. The smallest absolute Gasteiger partial charge is 0.178 e. The van der Waals surface area contributed by atoms with E-state index in [1.54, 1.807) is 30.4 Å². The number of phenols is 1. The fourth-order valence-electron chi connectivity index (χ4n) is 2.62. The first-order chi connectivity index (χ1) is 11.9. The molecule has 0 aliphatic heterocycles. The van der Waals surface area contributed by atoms with Crippen LogP contribution in [-0.4, -0.2) is 32.3 Å². The molecule has 0 unspecified atom stereocenters. The fraction of sp³-hybridized carbons (Fsp3) is 0.0500. The van der Waals surface area contributed by atoms with Crippen molar-refractivity contribution in [1.29, 1.82) is 0 Å². The Morgan fingerprint density at radius 3 is 2.00 bits per heavy atom. The lowest BCUT2D eigenvalue weighted by Gasteiger charge is -2.18. The van der Waals surface area contributed by atoms with Crippen molar-refractivity contribution in [3.63, 3.8) is 0 Å². The Kier molecular flexibility index (Phi) is 7.10. The van der Waals surface area contributed by atoms with Crippen LogP contribution < -0.4 is 0 Å². The van der Waals surface area contributed by atoms with Crippen LogP contribution in [0, 0.1) is 0 Å². The van der Waals surface area contributed by atoms with Crippen molar-refractivity contribution in [2.45, 2.75) is 12.3 Å². The molecule has 27 heavy (non-hydrogen) atoms. The lowest BCUT2D eigenvalue weighted by atomic mass is 9.91. The van der Waals surface area contributed by atoms with Crippen molar-refractivity contribution >= 4 is 29.9 Å². The number of hydrogen-bond acceptors (Lipinski definition) is 5. The molecule has 5 nitrogen and oxygen atoms in total. The average molecular weight is 380 g/mol. The van der Waals surface area contributed by atoms with E-state index in [-0.39, 0.29) is 37.8 Å². The number of carbonyl (C=O) groups is 1. The summed E-state index contributed by atoms with van der Waals surface area (Å²) in [6.07, 6.45) is 5.87. The van der Waals surface area contributed by atoms with E-state index in [1.807, 2.05) is 0 Å². The molecule has 1 N–H and O–H groups in total. The summed E-state index contributed by atoms with van der Waals surface area (Å²) in [5, 5.41) is 9.50. The zero-order chi connectivity index (χ0) is 18.0. The summed E-state index contributed by atoms with van der Waals surface area (Å²) < 4.78 is 35.0. The van der Waals surface area contributed by atoms with Crippen molar-refractivity contribution in [1.82, 2.24) is 0 Å². The largest absolute Gasteiger partial charge is 0.744 e. The molecule has 0 saturated carbocycles. The van der Waals surface area contributed by atoms with E-state index in [0.29, 0.717) is 16.7 Å². The van der Waals surface area contributed by atoms with E-state index in [0.717, 1.165) is 0 Å². The van der Waals surface area contributed by atoms with Gasteiger partial charge in [-0.15, -0.1) is 0 Å². The van der Waals surface area contributed by atoms with E-state index in [2.05, 4.69) is 0 Å². The maximum absolute atomic E-state index is 11.7. The standard InChI is InChI=1S/C19H14O5S.CH4.B/c20-15-9-5-13(6-10-15)19(14-7-11-16(21)12-8-14)17-3-1-2-4-18(17)25(22,23)24;;/h1-12,20H,(H,22,23,24);1H4;/p-1. The SMILES string of the molecule is C.O=C1C=CC(=C(c2ccc(O)cc2)c2ccccc2S(=O)(=O)[O-])C=C1.[B]. The molecule has 7 heteroatoms. The van der Waals surface area contributed by atoms with Crippen LogP contribution in [0.5, 0.6) is 5.75 Å². The van der Waals surface area contributed by atoms with Gasteiger partial charge in [0.15, 0.2) is 5.78 Å². The van der Waals surface area contributed by atoms with Crippen LogP contribution in [-0.2, 0) is 14.9 Å². The molecule has 0 amide bonds. The molecule has 3 rings (SSSR count). The molecule has 0 saturated heterocycles. The maximum Gasteiger partial charge on any atom is 0.178 e. The Bertz CT molecular complexity index is 1010. The molecule has 0 aromatic heterocycles. The highest BCUT2D eigenvalue weighted by atomic mass is 32.2. The molecule has 1 aliphatic rings. The Balaban J connectivity index is 0.00000182. The Labute approximate surface area is 160 Å². The third kappa shape index (κ3) is 4.84. The molecular formula is C20H17BO5S-. The van der Waals surface area contributed by atoms with Gasteiger partial charge in [-0.25, -0.2) is 8.42 Å². The zero-order valence-corrected chi connectivity index (χ0v) is 14.3. The molecule has 0 atom stereocenters. The summed E-state index contributed by atoms with van der Waals surface area (Å²) in [6, 6.07) is 12.1. The quantitative estimate of drug-likeness (QED) is 0.653. The molecule has 2 aromatic carbocycles. The second-order valence-electron chi connectivity index (χ2n) is 5.40. The van der Waals surface area contributed by atoms with Crippen LogP contribution in [0.3, 0.4) is 0 Å². The third-order valence-corrected chi connectivity index (χ3v) is 4.62. The van der Waals surface area contributed by atoms with Crippen LogP contribution in [0.25, 0.3) is 5.57 Å². The number of allylic oxidation sites excluding steroid dienone is 5. The number of ketones is 1. The van der Waals surface area contributed by atoms with Crippen molar-refractivity contribution < 1.29 is 22.9 Å². The van der Waals surface area contributed by atoms with Crippen LogP contribution >= 0.6 is 0 Å². The first-order valence-electron chi connectivity index (χ1n) is 7.35. The van der Waals surface area contributed by atoms with Gasteiger partial charge in [-0.3, -0.25) is 4.79 Å². The zero-order valence-electron chi connectivity index (χ0n) is 13.5. The monoisotopic (exact) mass is 380 g/mol. The van der Waals surface area contributed by atoms with Crippen LogP contribution in [0.1, 0.15) is 18.6 Å². The minimum Gasteiger partial charge on any atom is -0.744 e. The van der Waals surface area contributed by atoms with E-state index < -0.39 is 10.1 Å². The van der Waals surface area contributed by atoms with Crippen molar-refractivity contribution in [2.75, 3.05) is 0 Å². The summed E-state index contributed by atoms with van der Waals surface area (Å²) in [6.45, 7) is 0. The second-order valence-corrected chi connectivity index (χ2v) is 6.74. The molecule has 0 bridgehead atoms. The topological polar surface area (TPSA) is 94.5 Å². The van der Waals surface area contributed by atoms with Gasteiger partial charge in [0.1, 0.15) is 15.9 Å².